The van der Waals surface area contributed by atoms with E-state index in [1.807, 2.05) is 6.92 Å². The Morgan fingerprint density at radius 1 is 1.43 bits per heavy atom. The molecule has 1 atom stereocenters. The molecule has 21 heavy (non-hydrogen) atoms. The minimum absolute atomic E-state index is 0.155. The van der Waals surface area contributed by atoms with E-state index in [1.165, 1.54) is 8.61 Å². The Morgan fingerprint density at radius 3 is 2.57 bits per heavy atom. The number of rotatable bonds is 7. The standard InChI is InChI=1S/C14H28N2O4S/c1-5-6-9-15(4)21(19,20)16-10-7-8-12(11-16)14(2,3)13(17)18/h12H,5-11H2,1-4H3,(H,17,18). The molecule has 1 rings (SSSR count). The van der Waals surface area contributed by atoms with Crippen LogP contribution in [0, 0.1) is 11.3 Å². The van der Waals surface area contributed by atoms with E-state index in [0.29, 0.717) is 19.5 Å². The highest BCUT2D eigenvalue weighted by atomic mass is 32.2. The molecule has 1 fully saturated rings. The van der Waals surface area contributed by atoms with Crippen LogP contribution in [0.25, 0.3) is 0 Å². The normalized spacial score (nSPS) is 21.7. The number of hydrogen-bond donors (Lipinski definition) is 1. The second-order valence-electron chi connectivity index (χ2n) is 6.41. The van der Waals surface area contributed by atoms with Crippen LogP contribution in [-0.2, 0) is 15.0 Å². The molecule has 0 saturated carbocycles. The van der Waals surface area contributed by atoms with Gasteiger partial charge in [-0.15, -0.1) is 0 Å². The van der Waals surface area contributed by atoms with Gasteiger partial charge in [-0.05, 0) is 39.0 Å². The van der Waals surface area contributed by atoms with E-state index in [-0.39, 0.29) is 12.5 Å². The summed E-state index contributed by atoms with van der Waals surface area (Å²) in [6.45, 7) is 6.64. The molecule has 0 aromatic carbocycles. The molecule has 1 aliphatic rings. The highest BCUT2D eigenvalue weighted by Crippen LogP contribution is 2.35. The van der Waals surface area contributed by atoms with E-state index in [0.717, 1.165) is 19.3 Å². The maximum Gasteiger partial charge on any atom is 0.309 e. The summed E-state index contributed by atoms with van der Waals surface area (Å²) in [5.41, 5.74) is -0.907. The first kappa shape index (κ1) is 18.4. The molecule has 1 heterocycles. The molecule has 0 aromatic heterocycles. The number of carboxylic acids is 1. The van der Waals surface area contributed by atoms with Crippen molar-refractivity contribution in [2.45, 2.75) is 46.5 Å². The third-order valence-electron chi connectivity index (χ3n) is 4.50. The lowest BCUT2D eigenvalue weighted by Gasteiger charge is -2.39. The topological polar surface area (TPSA) is 77.9 Å². The Bertz CT molecular complexity index is 462. The predicted molar refractivity (Wildman–Crippen MR) is 82.2 cm³/mol. The molecule has 1 aliphatic heterocycles. The Kier molecular flexibility index (Phi) is 6.19. The van der Waals surface area contributed by atoms with Crippen LogP contribution in [-0.4, -0.2) is 54.8 Å². The van der Waals surface area contributed by atoms with Crippen molar-refractivity contribution < 1.29 is 18.3 Å². The van der Waals surface area contributed by atoms with E-state index in [1.54, 1.807) is 20.9 Å². The maximum absolute atomic E-state index is 12.5. The van der Waals surface area contributed by atoms with Crippen LogP contribution in [0.5, 0.6) is 0 Å². The quantitative estimate of drug-likeness (QED) is 0.775. The molecular formula is C14H28N2O4S. The average Bonchev–Trinajstić information content (AvgIpc) is 2.44. The van der Waals surface area contributed by atoms with Crippen LogP contribution < -0.4 is 0 Å². The summed E-state index contributed by atoms with van der Waals surface area (Å²) in [5, 5.41) is 9.33. The van der Waals surface area contributed by atoms with E-state index in [9.17, 15) is 18.3 Å². The SMILES string of the molecule is CCCCN(C)S(=O)(=O)N1CCCC(C(C)(C)C(=O)O)C1. The Morgan fingerprint density at radius 2 is 2.05 bits per heavy atom. The molecule has 0 amide bonds. The molecular weight excluding hydrogens is 292 g/mol. The predicted octanol–water partition coefficient (Wildman–Crippen LogP) is 1.79. The highest BCUT2D eigenvalue weighted by Gasteiger charge is 2.42. The van der Waals surface area contributed by atoms with Crippen molar-refractivity contribution in [1.29, 1.82) is 0 Å². The largest absolute Gasteiger partial charge is 0.481 e. The molecule has 124 valence electrons. The summed E-state index contributed by atoms with van der Waals surface area (Å²) in [7, 11) is -1.89. The van der Waals surface area contributed by atoms with Gasteiger partial charge in [-0.2, -0.15) is 17.0 Å². The van der Waals surface area contributed by atoms with Gasteiger partial charge in [-0.25, -0.2) is 0 Å². The van der Waals surface area contributed by atoms with Crippen molar-refractivity contribution in [3.8, 4) is 0 Å². The zero-order valence-electron chi connectivity index (χ0n) is 13.5. The summed E-state index contributed by atoms with van der Waals surface area (Å²) in [4.78, 5) is 11.4. The van der Waals surface area contributed by atoms with Gasteiger partial charge in [0.25, 0.3) is 10.2 Å². The summed E-state index contributed by atoms with van der Waals surface area (Å²) in [5.74, 6) is -1.02. The minimum Gasteiger partial charge on any atom is -0.481 e. The zero-order chi connectivity index (χ0) is 16.3. The van der Waals surface area contributed by atoms with Crippen LogP contribution in [0.3, 0.4) is 0 Å². The monoisotopic (exact) mass is 320 g/mol. The van der Waals surface area contributed by atoms with Crippen molar-refractivity contribution in [2.75, 3.05) is 26.7 Å². The van der Waals surface area contributed by atoms with Crippen LogP contribution in [0.2, 0.25) is 0 Å². The van der Waals surface area contributed by atoms with Gasteiger partial charge < -0.3 is 5.11 Å². The van der Waals surface area contributed by atoms with Gasteiger partial charge in [-0.3, -0.25) is 4.79 Å². The van der Waals surface area contributed by atoms with E-state index >= 15 is 0 Å². The van der Waals surface area contributed by atoms with Crippen LogP contribution in [0.15, 0.2) is 0 Å². The highest BCUT2D eigenvalue weighted by molar-refractivity contribution is 7.86. The zero-order valence-corrected chi connectivity index (χ0v) is 14.3. The lowest BCUT2D eigenvalue weighted by atomic mass is 9.75. The van der Waals surface area contributed by atoms with E-state index in [4.69, 9.17) is 0 Å². The minimum atomic E-state index is -3.48. The first-order valence-corrected chi connectivity index (χ1v) is 8.98. The number of hydrogen-bond acceptors (Lipinski definition) is 3. The van der Waals surface area contributed by atoms with Crippen LogP contribution in [0.4, 0.5) is 0 Å². The second-order valence-corrected chi connectivity index (χ2v) is 8.44. The van der Waals surface area contributed by atoms with Crippen LogP contribution in [0.1, 0.15) is 46.5 Å². The van der Waals surface area contributed by atoms with Gasteiger partial charge in [0.2, 0.25) is 0 Å². The summed E-state index contributed by atoms with van der Waals surface area (Å²) in [6, 6.07) is 0. The van der Waals surface area contributed by atoms with Crippen molar-refractivity contribution in [3.05, 3.63) is 0 Å². The molecule has 1 saturated heterocycles. The lowest BCUT2D eigenvalue weighted by Crippen LogP contribution is -2.50. The van der Waals surface area contributed by atoms with Crippen molar-refractivity contribution in [2.24, 2.45) is 11.3 Å². The number of aliphatic carboxylic acids is 1. The molecule has 0 aromatic rings. The molecule has 0 bridgehead atoms. The average molecular weight is 320 g/mol. The van der Waals surface area contributed by atoms with E-state index < -0.39 is 21.6 Å². The fourth-order valence-corrected chi connectivity index (χ4v) is 4.09. The molecule has 0 aliphatic carbocycles. The van der Waals surface area contributed by atoms with Gasteiger partial charge in [-0.1, -0.05) is 13.3 Å². The second kappa shape index (κ2) is 7.07. The molecule has 0 radical (unpaired) electrons. The number of nitrogens with zero attached hydrogens (tertiary/aromatic N) is 2. The van der Waals surface area contributed by atoms with Gasteiger partial charge >= 0.3 is 5.97 Å². The number of carboxylic acid groups (broad SMARTS) is 1. The first-order chi connectivity index (χ1) is 9.64. The first-order valence-electron chi connectivity index (χ1n) is 7.58. The third kappa shape index (κ3) is 4.17. The number of unbranched alkanes of at least 4 members (excludes halogenated alkanes) is 1. The van der Waals surface area contributed by atoms with Gasteiger partial charge in [0, 0.05) is 26.7 Å². The molecule has 0 spiro atoms. The number of piperidine rings is 1. The third-order valence-corrected chi connectivity index (χ3v) is 6.46. The van der Waals surface area contributed by atoms with E-state index in [2.05, 4.69) is 0 Å². The molecule has 6 nitrogen and oxygen atoms in total. The van der Waals surface area contributed by atoms with Crippen LogP contribution >= 0.6 is 0 Å². The van der Waals surface area contributed by atoms with Crippen molar-refractivity contribution >= 4 is 16.2 Å². The Labute approximate surface area is 128 Å². The fourth-order valence-electron chi connectivity index (χ4n) is 2.61. The molecule has 1 N–H and O–H groups in total. The molecule has 1 unspecified atom stereocenters. The molecule has 7 heteroatoms. The maximum atomic E-state index is 12.5. The lowest BCUT2D eigenvalue weighted by molar-refractivity contribution is -0.151. The summed E-state index contributed by atoms with van der Waals surface area (Å²) in [6.07, 6.45) is 3.23. The summed E-state index contributed by atoms with van der Waals surface area (Å²) < 4.78 is 27.9. The summed E-state index contributed by atoms with van der Waals surface area (Å²) >= 11 is 0. The smallest absolute Gasteiger partial charge is 0.309 e. The Balaban J connectivity index is 2.82. The fraction of sp³-hybridized carbons (Fsp3) is 0.929. The van der Waals surface area contributed by atoms with Crippen molar-refractivity contribution in [3.63, 3.8) is 0 Å². The Hall–Kier alpha value is -0.660. The van der Waals surface area contributed by atoms with Gasteiger partial charge in [0.1, 0.15) is 0 Å². The van der Waals surface area contributed by atoms with Crippen molar-refractivity contribution in [1.82, 2.24) is 8.61 Å². The van der Waals surface area contributed by atoms with Gasteiger partial charge in [0.15, 0.2) is 0 Å². The number of carbonyl (C=O) groups is 1. The van der Waals surface area contributed by atoms with Gasteiger partial charge in [0.05, 0.1) is 5.41 Å².